The molecule has 0 aromatic heterocycles. The maximum atomic E-state index is 6.09. The van der Waals surface area contributed by atoms with Crippen LogP contribution in [0, 0.1) is 5.41 Å². The van der Waals surface area contributed by atoms with Crippen molar-refractivity contribution in [3.05, 3.63) is 23.2 Å². The van der Waals surface area contributed by atoms with Crippen molar-refractivity contribution in [2.75, 3.05) is 30.4 Å². The van der Waals surface area contributed by atoms with Crippen molar-refractivity contribution in [3.8, 4) is 0 Å². The zero-order valence-corrected chi connectivity index (χ0v) is 11.1. The molecule has 1 aliphatic carbocycles. The average molecular weight is 251 g/mol. The van der Waals surface area contributed by atoms with Crippen molar-refractivity contribution in [2.24, 2.45) is 5.41 Å². The van der Waals surface area contributed by atoms with Gasteiger partial charge in [0.15, 0.2) is 0 Å². The number of fused-ring (bicyclic) bond motifs is 1. The molecule has 0 bridgehead atoms. The molecule has 1 aromatic rings. The molecular weight excluding hydrogens is 232 g/mol. The van der Waals surface area contributed by atoms with Gasteiger partial charge in [0.1, 0.15) is 0 Å². The van der Waals surface area contributed by atoms with Crippen molar-refractivity contribution < 1.29 is 0 Å². The molecule has 1 fully saturated rings. The van der Waals surface area contributed by atoms with E-state index in [0.29, 0.717) is 5.41 Å². The number of rotatable bonds is 0. The van der Waals surface area contributed by atoms with Gasteiger partial charge >= 0.3 is 0 Å². The minimum absolute atomic E-state index is 0.472. The maximum Gasteiger partial charge on any atom is 0.0614 e. The van der Waals surface area contributed by atoms with E-state index < -0.39 is 0 Å². The van der Waals surface area contributed by atoms with Crippen molar-refractivity contribution in [1.29, 1.82) is 0 Å². The molecule has 1 spiro atoms. The monoisotopic (exact) mass is 250 g/mol. The first-order valence-electron chi connectivity index (χ1n) is 6.43. The van der Waals surface area contributed by atoms with Crippen LogP contribution in [-0.4, -0.2) is 20.1 Å². The number of anilines is 2. The van der Waals surface area contributed by atoms with Crippen LogP contribution >= 0.6 is 11.6 Å². The molecule has 0 radical (unpaired) electrons. The van der Waals surface area contributed by atoms with Crippen LogP contribution in [-0.2, 0) is 0 Å². The molecule has 3 rings (SSSR count). The van der Waals surface area contributed by atoms with Gasteiger partial charge in [-0.25, -0.2) is 0 Å². The van der Waals surface area contributed by atoms with Crippen molar-refractivity contribution >= 4 is 23.0 Å². The Labute approximate surface area is 108 Å². The number of nitrogens with one attached hydrogen (secondary N) is 1. The highest BCUT2D eigenvalue weighted by molar-refractivity contribution is 6.31. The van der Waals surface area contributed by atoms with E-state index >= 15 is 0 Å². The van der Waals surface area contributed by atoms with E-state index in [2.05, 4.69) is 29.4 Å². The standard InChI is InChI=1S/C14H19ClN2/c1-17-10-14(6-2-3-7-14)9-16-12-5-4-11(15)8-13(12)17/h4-5,8,16H,2-3,6-7,9-10H2,1H3. The largest absolute Gasteiger partial charge is 0.383 e. The van der Waals surface area contributed by atoms with Gasteiger partial charge in [-0.05, 0) is 31.0 Å². The van der Waals surface area contributed by atoms with Gasteiger partial charge in [0.25, 0.3) is 0 Å². The average Bonchev–Trinajstić information content (AvgIpc) is 2.71. The topological polar surface area (TPSA) is 15.3 Å². The van der Waals surface area contributed by atoms with E-state index in [1.54, 1.807) is 0 Å². The second-order valence-electron chi connectivity index (χ2n) is 5.58. The third kappa shape index (κ3) is 1.99. The molecule has 0 unspecified atom stereocenters. The van der Waals surface area contributed by atoms with Gasteiger partial charge in [-0.15, -0.1) is 0 Å². The molecule has 1 heterocycles. The molecule has 3 heteroatoms. The first kappa shape index (κ1) is 11.2. The van der Waals surface area contributed by atoms with Crippen molar-refractivity contribution in [3.63, 3.8) is 0 Å². The minimum Gasteiger partial charge on any atom is -0.383 e. The smallest absolute Gasteiger partial charge is 0.0614 e. The van der Waals surface area contributed by atoms with E-state index in [1.807, 2.05) is 6.07 Å². The second kappa shape index (κ2) is 4.09. The molecule has 2 nitrogen and oxygen atoms in total. The van der Waals surface area contributed by atoms with Gasteiger partial charge < -0.3 is 10.2 Å². The molecular formula is C14H19ClN2. The molecule has 1 N–H and O–H groups in total. The van der Waals surface area contributed by atoms with Crippen LogP contribution in [0.4, 0.5) is 11.4 Å². The minimum atomic E-state index is 0.472. The van der Waals surface area contributed by atoms with E-state index in [1.165, 1.54) is 37.1 Å². The Bertz CT molecular complexity index is 424. The van der Waals surface area contributed by atoms with Gasteiger partial charge in [-0.2, -0.15) is 0 Å². The Balaban J connectivity index is 1.94. The molecule has 1 aromatic carbocycles. The predicted octanol–water partition coefficient (Wildman–Crippen LogP) is 3.76. The lowest BCUT2D eigenvalue weighted by Crippen LogP contribution is -2.36. The van der Waals surface area contributed by atoms with Crippen LogP contribution in [0.3, 0.4) is 0 Å². The SMILES string of the molecule is CN1CC2(CCCC2)CNc2ccc(Cl)cc21. The zero-order chi connectivity index (χ0) is 11.9. The molecule has 0 saturated heterocycles. The number of hydrogen-bond acceptors (Lipinski definition) is 2. The number of halogens is 1. The van der Waals surface area contributed by atoms with Gasteiger partial charge in [-0.3, -0.25) is 0 Å². The number of nitrogens with zero attached hydrogens (tertiary/aromatic N) is 1. The van der Waals surface area contributed by atoms with Crippen LogP contribution in [0.5, 0.6) is 0 Å². The maximum absolute atomic E-state index is 6.09. The van der Waals surface area contributed by atoms with Gasteiger partial charge in [0, 0.05) is 30.6 Å². The number of benzene rings is 1. The molecule has 2 aliphatic rings. The predicted molar refractivity (Wildman–Crippen MR) is 74.1 cm³/mol. The molecule has 0 atom stereocenters. The van der Waals surface area contributed by atoms with Crippen molar-refractivity contribution in [2.45, 2.75) is 25.7 Å². The third-order valence-electron chi connectivity index (χ3n) is 4.26. The number of hydrogen-bond donors (Lipinski definition) is 1. The summed E-state index contributed by atoms with van der Waals surface area (Å²) in [7, 11) is 2.18. The summed E-state index contributed by atoms with van der Waals surface area (Å²) in [6.07, 6.45) is 5.47. The molecule has 92 valence electrons. The summed E-state index contributed by atoms with van der Waals surface area (Å²) < 4.78 is 0. The molecule has 0 amide bonds. The summed E-state index contributed by atoms with van der Waals surface area (Å²) in [6, 6.07) is 6.13. The van der Waals surface area contributed by atoms with Crippen LogP contribution in [0.25, 0.3) is 0 Å². The summed E-state index contributed by atoms with van der Waals surface area (Å²) in [5, 5.41) is 4.43. The fourth-order valence-corrected chi connectivity index (χ4v) is 3.52. The van der Waals surface area contributed by atoms with Crippen molar-refractivity contribution in [1.82, 2.24) is 0 Å². The fraction of sp³-hybridized carbons (Fsp3) is 0.571. The zero-order valence-electron chi connectivity index (χ0n) is 10.3. The first-order valence-corrected chi connectivity index (χ1v) is 6.81. The Morgan fingerprint density at radius 1 is 1.29 bits per heavy atom. The normalized spacial score (nSPS) is 22.1. The first-order chi connectivity index (χ1) is 8.19. The summed E-state index contributed by atoms with van der Waals surface area (Å²) in [4.78, 5) is 2.37. The summed E-state index contributed by atoms with van der Waals surface area (Å²) in [5.74, 6) is 0. The lowest BCUT2D eigenvalue weighted by Gasteiger charge is -2.31. The second-order valence-corrected chi connectivity index (χ2v) is 6.01. The van der Waals surface area contributed by atoms with E-state index in [9.17, 15) is 0 Å². The Kier molecular flexibility index (Phi) is 2.70. The van der Waals surface area contributed by atoms with Gasteiger partial charge in [0.2, 0.25) is 0 Å². The van der Waals surface area contributed by atoms with E-state index in [4.69, 9.17) is 11.6 Å². The molecule has 17 heavy (non-hydrogen) atoms. The fourth-order valence-electron chi connectivity index (χ4n) is 3.36. The lowest BCUT2D eigenvalue weighted by atomic mass is 9.86. The summed E-state index contributed by atoms with van der Waals surface area (Å²) >= 11 is 6.09. The Hall–Kier alpha value is -0.890. The molecule has 1 saturated carbocycles. The summed E-state index contributed by atoms with van der Waals surface area (Å²) in [6.45, 7) is 2.25. The Morgan fingerprint density at radius 2 is 2.06 bits per heavy atom. The van der Waals surface area contributed by atoms with Crippen LogP contribution in [0.15, 0.2) is 18.2 Å². The van der Waals surface area contributed by atoms with Gasteiger partial charge in [0.05, 0.1) is 11.4 Å². The highest BCUT2D eigenvalue weighted by atomic mass is 35.5. The highest BCUT2D eigenvalue weighted by Gasteiger charge is 2.37. The quantitative estimate of drug-likeness (QED) is 0.754. The molecule has 1 aliphatic heterocycles. The van der Waals surface area contributed by atoms with E-state index in [0.717, 1.165) is 18.1 Å². The van der Waals surface area contributed by atoms with Crippen LogP contribution in [0.2, 0.25) is 5.02 Å². The van der Waals surface area contributed by atoms with E-state index in [-0.39, 0.29) is 0 Å². The lowest BCUT2D eigenvalue weighted by molar-refractivity contribution is 0.330. The highest BCUT2D eigenvalue weighted by Crippen LogP contribution is 2.43. The third-order valence-corrected chi connectivity index (χ3v) is 4.50. The van der Waals surface area contributed by atoms with Crippen LogP contribution in [0.1, 0.15) is 25.7 Å². The van der Waals surface area contributed by atoms with Gasteiger partial charge in [-0.1, -0.05) is 24.4 Å². The Morgan fingerprint density at radius 3 is 2.82 bits per heavy atom. The summed E-state index contributed by atoms with van der Waals surface area (Å²) in [5.41, 5.74) is 2.93. The van der Waals surface area contributed by atoms with Crippen LogP contribution < -0.4 is 10.2 Å².